The molecule has 0 aromatic carbocycles. The summed E-state index contributed by atoms with van der Waals surface area (Å²) in [7, 11) is 2.04. The molecule has 0 bridgehead atoms. The van der Waals surface area contributed by atoms with E-state index in [-0.39, 0.29) is 11.8 Å². The van der Waals surface area contributed by atoms with Gasteiger partial charge in [-0.05, 0) is 19.9 Å². The van der Waals surface area contributed by atoms with Gasteiger partial charge in [0.25, 0.3) is 0 Å². The van der Waals surface area contributed by atoms with Crippen molar-refractivity contribution < 1.29 is 4.79 Å². The Labute approximate surface area is 67.5 Å². The van der Waals surface area contributed by atoms with E-state index in [0.29, 0.717) is 12.3 Å². The highest BCUT2D eigenvalue weighted by atomic mass is 16.1. The fraction of sp³-hybridized carbons (Fsp3) is 0.875. The first-order valence-electron chi connectivity index (χ1n) is 4.03. The number of carbonyl (C=O) groups excluding carboxylic acids is 1. The van der Waals surface area contributed by atoms with Gasteiger partial charge < -0.3 is 15.4 Å². The maximum Gasteiger partial charge on any atom is 0.130 e. The van der Waals surface area contributed by atoms with Crippen molar-refractivity contribution in [2.75, 3.05) is 20.1 Å². The van der Waals surface area contributed by atoms with Crippen molar-refractivity contribution in [3.63, 3.8) is 0 Å². The zero-order valence-corrected chi connectivity index (χ0v) is 7.21. The van der Waals surface area contributed by atoms with E-state index < -0.39 is 0 Å². The molecule has 0 aromatic heterocycles. The normalized spacial score (nSPS) is 32.6. The summed E-state index contributed by atoms with van der Waals surface area (Å²) in [5.41, 5.74) is 5.82. The van der Waals surface area contributed by atoms with E-state index in [9.17, 15) is 4.79 Å². The van der Waals surface area contributed by atoms with E-state index in [4.69, 9.17) is 5.73 Å². The summed E-state index contributed by atoms with van der Waals surface area (Å²) in [5, 5.41) is 0. The van der Waals surface area contributed by atoms with Crippen LogP contribution in [0.5, 0.6) is 0 Å². The summed E-state index contributed by atoms with van der Waals surface area (Å²) < 4.78 is 0. The molecule has 2 atom stereocenters. The molecule has 1 saturated heterocycles. The molecule has 1 aliphatic rings. The molecule has 1 heterocycles. The molecule has 11 heavy (non-hydrogen) atoms. The number of hydrogen-bond donors (Lipinski definition) is 1. The van der Waals surface area contributed by atoms with Gasteiger partial charge in [0.15, 0.2) is 0 Å². The molecule has 1 rings (SSSR count). The molecule has 3 heteroatoms. The van der Waals surface area contributed by atoms with Gasteiger partial charge in [-0.2, -0.15) is 0 Å². The Morgan fingerprint density at radius 2 is 2.27 bits per heavy atom. The van der Waals surface area contributed by atoms with Gasteiger partial charge in [-0.3, -0.25) is 0 Å². The summed E-state index contributed by atoms with van der Waals surface area (Å²) in [6, 6.07) is 0.198. The minimum atomic E-state index is 0.198. The fourth-order valence-electron chi connectivity index (χ4n) is 1.70. The molecule has 2 unspecified atom stereocenters. The minimum absolute atomic E-state index is 0.198. The number of nitrogens with two attached hydrogens (primary N) is 1. The second-order valence-electron chi connectivity index (χ2n) is 3.55. The highest BCUT2D eigenvalue weighted by Gasteiger charge is 2.28. The first kappa shape index (κ1) is 8.68. The number of likely N-dealkylation sites (N-methyl/N-ethyl adjacent to an activating group) is 1. The van der Waals surface area contributed by atoms with Gasteiger partial charge in [0.1, 0.15) is 5.78 Å². The molecule has 0 amide bonds. The Morgan fingerprint density at radius 1 is 1.64 bits per heavy atom. The zero-order chi connectivity index (χ0) is 8.43. The molecule has 3 nitrogen and oxygen atoms in total. The van der Waals surface area contributed by atoms with E-state index in [1.165, 1.54) is 0 Å². The number of ketones is 1. The largest absolute Gasteiger partial charge is 0.326 e. The third-order valence-electron chi connectivity index (χ3n) is 2.22. The Kier molecular flexibility index (Phi) is 2.62. The molecule has 0 aliphatic carbocycles. The van der Waals surface area contributed by atoms with Crippen LogP contribution >= 0.6 is 0 Å². The maximum absolute atomic E-state index is 10.8. The van der Waals surface area contributed by atoms with Crippen molar-refractivity contribution in [1.82, 2.24) is 4.90 Å². The highest BCUT2D eigenvalue weighted by Crippen LogP contribution is 2.16. The van der Waals surface area contributed by atoms with Gasteiger partial charge in [0.05, 0.1) is 0 Å². The van der Waals surface area contributed by atoms with Crippen LogP contribution in [0.2, 0.25) is 0 Å². The lowest BCUT2D eigenvalue weighted by Crippen LogP contribution is -2.30. The number of likely N-dealkylation sites (tertiary alicyclic amines) is 1. The molecular weight excluding hydrogens is 140 g/mol. The Balaban J connectivity index is 2.40. The van der Waals surface area contributed by atoms with Crippen LogP contribution < -0.4 is 5.73 Å². The summed E-state index contributed by atoms with van der Waals surface area (Å²) in [6.07, 6.45) is 0.644. The van der Waals surface area contributed by atoms with E-state index in [0.717, 1.165) is 13.1 Å². The zero-order valence-electron chi connectivity index (χ0n) is 7.21. The molecule has 64 valence electrons. The highest BCUT2D eigenvalue weighted by molar-refractivity contribution is 5.75. The molecule has 0 aromatic rings. The topological polar surface area (TPSA) is 46.3 Å². The lowest BCUT2D eigenvalue weighted by atomic mass is 9.99. The summed E-state index contributed by atoms with van der Waals surface area (Å²) in [4.78, 5) is 13.0. The van der Waals surface area contributed by atoms with Crippen LogP contribution in [-0.2, 0) is 4.79 Å². The van der Waals surface area contributed by atoms with Crippen LogP contribution in [0, 0.1) is 5.92 Å². The van der Waals surface area contributed by atoms with Crippen molar-refractivity contribution in [3.8, 4) is 0 Å². The minimum Gasteiger partial charge on any atom is -0.326 e. The fourth-order valence-corrected chi connectivity index (χ4v) is 1.70. The van der Waals surface area contributed by atoms with Crippen molar-refractivity contribution >= 4 is 5.78 Å². The lowest BCUT2D eigenvalue weighted by Gasteiger charge is -2.10. The Morgan fingerprint density at radius 3 is 2.64 bits per heavy atom. The van der Waals surface area contributed by atoms with Crippen LogP contribution in [0.4, 0.5) is 0 Å². The average Bonchev–Trinajstić information content (AvgIpc) is 2.09. The number of Topliss-reactive ketones (excluding diaryl/α,β-unsaturated/α-hetero) is 1. The first-order chi connectivity index (χ1) is 5.09. The molecule has 1 fully saturated rings. The SMILES string of the molecule is CC(=O)CC1CN(C)CC1N. The molecule has 0 spiro atoms. The quantitative estimate of drug-likeness (QED) is 0.605. The van der Waals surface area contributed by atoms with Gasteiger partial charge in [-0.1, -0.05) is 0 Å². The van der Waals surface area contributed by atoms with Crippen LogP contribution in [0.1, 0.15) is 13.3 Å². The van der Waals surface area contributed by atoms with Crippen LogP contribution in [0.25, 0.3) is 0 Å². The summed E-state index contributed by atoms with van der Waals surface area (Å²) in [6.45, 7) is 3.53. The van der Waals surface area contributed by atoms with Gasteiger partial charge in [0.2, 0.25) is 0 Å². The van der Waals surface area contributed by atoms with Gasteiger partial charge >= 0.3 is 0 Å². The van der Waals surface area contributed by atoms with Crippen LogP contribution in [0.15, 0.2) is 0 Å². The lowest BCUT2D eigenvalue weighted by molar-refractivity contribution is -0.117. The van der Waals surface area contributed by atoms with Crippen molar-refractivity contribution in [1.29, 1.82) is 0 Å². The van der Waals surface area contributed by atoms with E-state index in [1.54, 1.807) is 6.92 Å². The smallest absolute Gasteiger partial charge is 0.130 e. The van der Waals surface area contributed by atoms with Gasteiger partial charge in [-0.25, -0.2) is 0 Å². The maximum atomic E-state index is 10.8. The Hall–Kier alpha value is -0.410. The van der Waals surface area contributed by atoms with Crippen LogP contribution in [-0.4, -0.2) is 36.9 Å². The monoisotopic (exact) mass is 156 g/mol. The molecular formula is C8H16N2O. The number of nitrogens with zero attached hydrogens (tertiary/aromatic N) is 1. The third-order valence-corrected chi connectivity index (χ3v) is 2.22. The van der Waals surface area contributed by atoms with E-state index >= 15 is 0 Å². The average molecular weight is 156 g/mol. The molecule has 2 N–H and O–H groups in total. The molecule has 0 radical (unpaired) electrons. The number of hydrogen-bond acceptors (Lipinski definition) is 3. The predicted octanol–water partition coefficient (Wildman–Crippen LogP) is -0.146. The van der Waals surface area contributed by atoms with Gasteiger partial charge in [0, 0.05) is 25.6 Å². The number of rotatable bonds is 2. The van der Waals surface area contributed by atoms with Crippen molar-refractivity contribution in [2.45, 2.75) is 19.4 Å². The third kappa shape index (κ3) is 2.27. The van der Waals surface area contributed by atoms with Crippen LogP contribution in [0.3, 0.4) is 0 Å². The van der Waals surface area contributed by atoms with E-state index in [2.05, 4.69) is 4.90 Å². The van der Waals surface area contributed by atoms with Crippen molar-refractivity contribution in [3.05, 3.63) is 0 Å². The summed E-state index contributed by atoms with van der Waals surface area (Å²) in [5.74, 6) is 0.637. The van der Waals surface area contributed by atoms with Crippen molar-refractivity contribution in [2.24, 2.45) is 11.7 Å². The molecule has 1 aliphatic heterocycles. The Bertz CT molecular complexity index is 158. The molecule has 0 saturated carbocycles. The first-order valence-corrected chi connectivity index (χ1v) is 4.03. The van der Waals surface area contributed by atoms with Gasteiger partial charge in [-0.15, -0.1) is 0 Å². The number of carbonyl (C=O) groups is 1. The van der Waals surface area contributed by atoms with E-state index in [1.807, 2.05) is 7.05 Å². The predicted molar refractivity (Wildman–Crippen MR) is 44.3 cm³/mol. The summed E-state index contributed by atoms with van der Waals surface area (Å²) >= 11 is 0. The second-order valence-corrected chi connectivity index (χ2v) is 3.55. The standard InChI is InChI=1S/C8H16N2O/c1-6(11)3-7-4-10(2)5-8(7)9/h7-8H,3-5,9H2,1-2H3. The second kappa shape index (κ2) is 3.32.